The summed E-state index contributed by atoms with van der Waals surface area (Å²) in [5, 5.41) is 6.69. The Bertz CT molecular complexity index is 822. The molecule has 2 aromatic carbocycles. The van der Waals surface area contributed by atoms with Crippen LogP contribution < -0.4 is 19.5 Å². The van der Waals surface area contributed by atoms with Gasteiger partial charge in [0.25, 0.3) is 5.91 Å². The molecule has 1 atom stereocenters. The maximum atomic E-state index is 12.2. The third-order valence-electron chi connectivity index (χ3n) is 4.10. The molecule has 0 radical (unpaired) electrons. The van der Waals surface area contributed by atoms with Crippen molar-refractivity contribution in [3.8, 4) is 17.2 Å². The van der Waals surface area contributed by atoms with E-state index >= 15 is 0 Å². The lowest BCUT2D eigenvalue weighted by atomic mass is 10.0. The van der Waals surface area contributed by atoms with Gasteiger partial charge in [0.15, 0.2) is 17.6 Å². The highest BCUT2D eigenvalue weighted by atomic mass is 16.7. The topological polar surface area (TPSA) is 78.4 Å². The number of carbonyl (C=O) groups is 1. The highest BCUT2D eigenvalue weighted by Crippen LogP contribution is 2.35. The minimum atomic E-state index is -0.238. The van der Waals surface area contributed by atoms with Crippen molar-refractivity contribution in [2.75, 3.05) is 19.9 Å². The van der Waals surface area contributed by atoms with Gasteiger partial charge in [-0.1, -0.05) is 35.5 Å². The first-order valence-electron chi connectivity index (χ1n) is 8.38. The molecule has 26 heavy (non-hydrogen) atoms. The van der Waals surface area contributed by atoms with Gasteiger partial charge in [0.2, 0.25) is 6.79 Å². The third-order valence-corrected chi connectivity index (χ3v) is 4.10. The molecular weight excluding hydrogens is 336 g/mol. The Labute approximate surface area is 150 Å². The maximum Gasteiger partial charge on any atom is 0.269 e. The van der Waals surface area contributed by atoms with Gasteiger partial charge in [0.05, 0.1) is 6.54 Å². The Morgan fingerprint density at radius 2 is 2.00 bits per heavy atom. The number of nitrogens with one attached hydrogen (secondary N) is 1. The fourth-order valence-corrected chi connectivity index (χ4v) is 2.76. The molecule has 0 fully saturated rings. The molecule has 1 N–H and O–H groups in total. The second-order valence-electron chi connectivity index (χ2n) is 5.87. The van der Waals surface area contributed by atoms with Crippen molar-refractivity contribution in [2.45, 2.75) is 12.5 Å². The number of hydrogen-bond acceptors (Lipinski definition) is 6. The van der Waals surface area contributed by atoms with Crippen molar-refractivity contribution in [1.29, 1.82) is 0 Å². The predicted octanol–water partition coefficient (Wildman–Crippen LogP) is 2.43. The van der Waals surface area contributed by atoms with Gasteiger partial charge in [-0.25, -0.2) is 0 Å². The zero-order valence-electron chi connectivity index (χ0n) is 14.0. The number of fused-ring (bicyclic) bond motifs is 1. The Balaban J connectivity index is 1.21. The molecule has 0 aromatic heterocycles. The first kappa shape index (κ1) is 16.3. The summed E-state index contributed by atoms with van der Waals surface area (Å²) in [5.74, 6) is 1.79. The average Bonchev–Trinajstić information content (AvgIpc) is 3.35. The Kier molecular flexibility index (Phi) is 4.59. The zero-order valence-corrected chi connectivity index (χ0v) is 14.0. The molecule has 2 aliphatic rings. The van der Waals surface area contributed by atoms with Gasteiger partial charge >= 0.3 is 0 Å². The molecule has 0 saturated carbocycles. The van der Waals surface area contributed by atoms with Crippen molar-refractivity contribution in [3.05, 3.63) is 54.1 Å². The second kappa shape index (κ2) is 7.35. The van der Waals surface area contributed by atoms with Crippen LogP contribution in [0.2, 0.25) is 0 Å². The summed E-state index contributed by atoms with van der Waals surface area (Å²) in [6.07, 6.45) is 0.251. The van der Waals surface area contributed by atoms with E-state index in [1.807, 2.05) is 30.3 Å². The van der Waals surface area contributed by atoms with Crippen molar-refractivity contribution >= 4 is 11.6 Å². The van der Waals surface area contributed by atoms with Crippen molar-refractivity contribution in [1.82, 2.24) is 5.32 Å². The van der Waals surface area contributed by atoms with Gasteiger partial charge in [-0.3, -0.25) is 4.79 Å². The molecule has 2 aliphatic heterocycles. The molecule has 2 heterocycles. The van der Waals surface area contributed by atoms with E-state index in [4.69, 9.17) is 19.0 Å². The summed E-state index contributed by atoms with van der Waals surface area (Å²) in [6, 6.07) is 15.1. The molecule has 0 aliphatic carbocycles. The van der Waals surface area contributed by atoms with Crippen molar-refractivity contribution < 1.29 is 23.8 Å². The smallest absolute Gasteiger partial charge is 0.269 e. The number of ether oxygens (including phenoxy) is 3. The van der Waals surface area contributed by atoms with E-state index in [1.54, 1.807) is 18.2 Å². The minimum absolute atomic E-state index is 0.207. The van der Waals surface area contributed by atoms with E-state index in [2.05, 4.69) is 10.5 Å². The normalized spacial score (nSPS) is 17.4. The van der Waals surface area contributed by atoms with Crippen LogP contribution in [0.5, 0.6) is 17.2 Å². The Morgan fingerprint density at radius 3 is 2.88 bits per heavy atom. The van der Waals surface area contributed by atoms with Gasteiger partial charge in [-0.2, -0.15) is 0 Å². The second-order valence-corrected chi connectivity index (χ2v) is 5.87. The number of rotatable bonds is 6. The molecule has 4 rings (SSSR count). The first-order chi connectivity index (χ1) is 12.8. The summed E-state index contributed by atoms with van der Waals surface area (Å²) in [6.45, 7) is 0.924. The minimum Gasteiger partial charge on any atom is -0.492 e. The standard InChI is InChI=1S/C19H18N2O5/c22-19(15-11-17(26-21-15)13-4-2-1-3-5-13)20-8-9-23-14-6-7-16-18(10-14)25-12-24-16/h1-7,10,17H,8-9,11-12H2,(H,20,22). The highest BCUT2D eigenvalue weighted by molar-refractivity contribution is 6.39. The van der Waals surface area contributed by atoms with Crippen LogP contribution in [-0.4, -0.2) is 31.6 Å². The molecule has 7 nitrogen and oxygen atoms in total. The van der Waals surface area contributed by atoms with Gasteiger partial charge in [-0.05, 0) is 17.7 Å². The van der Waals surface area contributed by atoms with Crippen molar-refractivity contribution in [3.63, 3.8) is 0 Å². The fraction of sp³-hybridized carbons (Fsp3) is 0.263. The van der Waals surface area contributed by atoms with E-state index in [9.17, 15) is 4.79 Å². The molecule has 0 saturated heterocycles. The SMILES string of the molecule is O=C(NCCOc1ccc2c(c1)OCO2)C1=NOC(c2ccccc2)C1. The van der Waals surface area contributed by atoms with E-state index in [1.165, 1.54) is 0 Å². The molecule has 1 unspecified atom stereocenters. The van der Waals surface area contributed by atoms with Gasteiger partial charge < -0.3 is 24.4 Å². The third kappa shape index (κ3) is 3.56. The first-order valence-corrected chi connectivity index (χ1v) is 8.38. The summed E-state index contributed by atoms with van der Waals surface area (Å²) < 4.78 is 16.2. The van der Waals surface area contributed by atoms with Crippen LogP contribution in [0.4, 0.5) is 0 Å². The van der Waals surface area contributed by atoms with Crippen LogP contribution >= 0.6 is 0 Å². The zero-order chi connectivity index (χ0) is 17.8. The van der Waals surface area contributed by atoms with Crippen LogP contribution in [0.25, 0.3) is 0 Å². The number of benzene rings is 2. The molecule has 2 aromatic rings. The van der Waals surface area contributed by atoms with Crippen molar-refractivity contribution in [2.24, 2.45) is 5.16 Å². The van der Waals surface area contributed by atoms with Crippen LogP contribution in [0.15, 0.2) is 53.7 Å². The molecule has 0 bridgehead atoms. The molecular formula is C19H18N2O5. The van der Waals surface area contributed by atoms with Crippen LogP contribution in [0, 0.1) is 0 Å². The largest absolute Gasteiger partial charge is 0.492 e. The van der Waals surface area contributed by atoms with Crippen LogP contribution in [-0.2, 0) is 9.63 Å². The predicted molar refractivity (Wildman–Crippen MR) is 93.4 cm³/mol. The number of nitrogens with zero attached hydrogens (tertiary/aromatic N) is 1. The average molecular weight is 354 g/mol. The van der Waals surface area contributed by atoms with E-state index in [-0.39, 0.29) is 18.8 Å². The summed E-state index contributed by atoms with van der Waals surface area (Å²) in [7, 11) is 0. The van der Waals surface area contributed by atoms with E-state index in [0.29, 0.717) is 42.5 Å². The van der Waals surface area contributed by atoms with E-state index < -0.39 is 0 Å². The Morgan fingerprint density at radius 1 is 1.15 bits per heavy atom. The maximum absolute atomic E-state index is 12.2. The molecule has 134 valence electrons. The van der Waals surface area contributed by atoms with Gasteiger partial charge in [0.1, 0.15) is 18.1 Å². The highest BCUT2D eigenvalue weighted by Gasteiger charge is 2.27. The monoisotopic (exact) mass is 354 g/mol. The molecule has 7 heteroatoms. The summed E-state index contributed by atoms with van der Waals surface area (Å²) in [5.41, 5.74) is 1.40. The lowest BCUT2D eigenvalue weighted by Gasteiger charge is -2.08. The van der Waals surface area contributed by atoms with Crippen LogP contribution in [0.3, 0.4) is 0 Å². The number of amides is 1. The Hall–Kier alpha value is -3.22. The van der Waals surface area contributed by atoms with Gasteiger partial charge in [0, 0.05) is 12.5 Å². The summed E-state index contributed by atoms with van der Waals surface area (Å²) >= 11 is 0. The lowest BCUT2D eigenvalue weighted by molar-refractivity contribution is -0.115. The summed E-state index contributed by atoms with van der Waals surface area (Å²) in [4.78, 5) is 17.5. The molecule has 1 amide bonds. The lowest BCUT2D eigenvalue weighted by Crippen LogP contribution is -2.33. The number of hydrogen-bond donors (Lipinski definition) is 1. The quantitative estimate of drug-likeness (QED) is 0.806. The molecule has 0 spiro atoms. The number of carbonyl (C=O) groups excluding carboxylic acids is 1. The fourth-order valence-electron chi connectivity index (χ4n) is 2.76. The van der Waals surface area contributed by atoms with E-state index in [0.717, 1.165) is 5.56 Å². The van der Waals surface area contributed by atoms with Crippen LogP contribution in [0.1, 0.15) is 18.1 Å². The number of oxime groups is 1. The van der Waals surface area contributed by atoms with Gasteiger partial charge in [-0.15, -0.1) is 0 Å².